The molecule has 0 radical (unpaired) electrons. The van der Waals surface area contributed by atoms with Gasteiger partial charge in [0, 0.05) is 19.6 Å². The standard InChI is InChI=1S/C18H24N6O3/c1-12-21-16(23-22-12)10-20-17(25)9-15-18(26)19-6-7-24(15)11-13-4-3-5-14(8-13)27-2/h3-5,8,15H,6-7,9-11H2,1-2H3,(H,19,26)(H,20,25)(H,21,22,23). The number of aryl methyl sites for hydroxylation is 1. The number of hydrogen-bond donors (Lipinski definition) is 3. The molecule has 1 aromatic carbocycles. The molecule has 2 heterocycles. The highest BCUT2D eigenvalue weighted by atomic mass is 16.5. The molecule has 2 amide bonds. The lowest BCUT2D eigenvalue weighted by atomic mass is 10.1. The molecule has 144 valence electrons. The number of benzene rings is 1. The molecule has 0 bridgehead atoms. The van der Waals surface area contributed by atoms with Crippen molar-refractivity contribution in [1.82, 2.24) is 30.7 Å². The van der Waals surface area contributed by atoms with Gasteiger partial charge in [-0.05, 0) is 24.6 Å². The number of carbonyl (C=O) groups is 2. The summed E-state index contributed by atoms with van der Waals surface area (Å²) in [5.74, 6) is 1.63. The molecule has 0 spiro atoms. The molecule has 1 atom stereocenters. The van der Waals surface area contributed by atoms with Crippen LogP contribution in [-0.2, 0) is 22.7 Å². The van der Waals surface area contributed by atoms with E-state index in [1.807, 2.05) is 29.2 Å². The van der Waals surface area contributed by atoms with Crippen LogP contribution in [0.1, 0.15) is 23.6 Å². The Morgan fingerprint density at radius 1 is 1.44 bits per heavy atom. The second-order valence-electron chi connectivity index (χ2n) is 6.45. The first kappa shape index (κ1) is 18.8. The third kappa shape index (κ3) is 5.04. The van der Waals surface area contributed by atoms with Gasteiger partial charge in [0.15, 0.2) is 5.82 Å². The van der Waals surface area contributed by atoms with Crippen LogP contribution in [0.2, 0.25) is 0 Å². The van der Waals surface area contributed by atoms with Crippen molar-refractivity contribution in [2.45, 2.75) is 32.5 Å². The first-order valence-electron chi connectivity index (χ1n) is 8.84. The maximum absolute atomic E-state index is 12.3. The SMILES string of the molecule is COc1cccc(CN2CCNC(=O)C2CC(=O)NCc2n[nH]c(C)n2)c1. The molecule has 1 fully saturated rings. The largest absolute Gasteiger partial charge is 0.497 e. The van der Waals surface area contributed by atoms with Crippen molar-refractivity contribution in [3.63, 3.8) is 0 Å². The number of nitrogens with one attached hydrogen (secondary N) is 3. The fraction of sp³-hybridized carbons (Fsp3) is 0.444. The number of ether oxygens (including phenoxy) is 1. The summed E-state index contributed by atoms with van der Waals surface area (Å²) in [5, 5.41) is 12.3. The normalized spacial score (nSPS) is 17.4. The van der Waals surface area contributed by atoms with Crippen molar-refractivity contribution in [2.24, 2.45) is 0 Å². The van der Waals surface area contributed by atoms with E-state index in [1.165, 1.54) is 0 Å². The molecular weight excluding hydrogens is 348 g/mol. The predicted octanol–water partition coefficient (Wildman–Crippen LogP) is 0.129. The summed E-state index contributed by atoms with van der Waals surface area (Å²) >= 11 is 0. The monoisotopic (exact) mass is 372 g/mol. The van der Waals surface area contributed by atoms with E-state index in [2.05, 4.69) is 25.8 Å². The first-order chi connectivity index (χ1) is 13.0. The van der Waals surface area contributed by atoms with E-state index in [0.717, 1.165) is 11.3 Å². The van der Waals surface area contributed by atoms with Crippen molar-refractivity contribution in [3.8, 4) is 5.75 Å². The van der Waals surface area contributed by atoms with E-state index in [0.29, 0.717) is 31.3 Å². The van der Waals surface area contributed by atoms with E-state index in [-0.39, 0.29) is 24.8 Å². The Morgan fingerprint density at radius 3 is 3.04 bits per heavy atom. The molecule has 9 nitrogen and oxygen atoms in total. The summed E-state index contributed by atoms with van der Waals surface area (Å²) in [5.41, 5.74) is 1.03. The summed E-state index contributed by atoms with van der Waals surface area (Å²) in [6, 6.07) is 7.20. The Morgan fingerprint density at radius 2 is 2.30 bits per heavy atom. The fourth-order valence-electron chi connectivity index (χ4n) is 3.07. The Kier molecular flexibility index (Phi) is 6.02. The highest BCUT2D eigenvalue weighted by Gasteiger charge is 2.31. The number of carbonyl (C=O) groups excluding carboxylic acids is 2. The maximum atomic E-state index is 12.3. The number of nitrogens with zero attached hydrogens (tertiary/aromatic N) is 3. The minimum absolute atomic E-state index is 0.0825. The molecule has 9 heteroatoms. The lowest BCUT2D eigenvalue weighted by molar-refractivity contribution is -0.134. The van der Waals surface area contributed by atoms with Gasteiger partial charge in [-0.15, -0.1) is 0 Å². The summed E-state index contributed by atoms with van der Waals surface area (Å²) in [6.07, 6.45) is 0.0825. The highest BCUT2D eigenvalue weighted by molar-refractivity contribution is 5.88. The van der Waals surface area contributed by atoms with Gasteiger partial charge in [-0.3, -0.25) is 19.6 Å². The third-order valence-corrected chi connectivity index (χ3v) is 4.43. The zero-order valence-electron chi connectivity index (χ0n) is 15.5. The number of aromatic nitrogens is 3. The minimum atomic E-state index is -0.515. The molecule has 3 rings (SSSR count). The molecule has 0 aliphatic carbocycles. The molecule has 1 unspecified atom stereocenters. The van der Waals surface area contributed by atoms with Crippen molar-refractivity contribution >= 4 is 11.8 Å². The number of H-pyrrole nitrogens is 1. The van der Waals surface area contributed by atoms with Gasteiger partial charge in [0.25, 0.3) is 0 Å². The molecule has 1 saturated heterocycles. The average Bonchev–Trinajstić information content (AvgIpc) is 3.08. The van der Waals surface area contributed by atoms with Gasteiger partial charge in [-0.25, -0.2) is 4.98 Å². The average molecular weight is 372 g/mol. The van der Waals surface area contributed by atoms with Gasteiger partial charge in [0.1, 0.15) is 11.6 Å². The van der Waals surface area contributed by atoms with Gasteiger partial charge in [0.05, 0.1) is 26.1 Å². The number of piperazine rings is 1. The summed E-state index contributed by atoms with van der Waals surface area (Å²) in [4.78, 5) is 30.8. The van der Waals surface area contributed by atoms with Gasteiger partial charge >= 0.3 is 0 Å². The van der Waals surface area contributed by atoms with E-state index in [1.54, 1.807) is 14.0 Å². The molecule has 27 heavy (non-hydrogen) atoms. The highest BCUT2D eigenvalue weighted by Crippen LogP contribution is 2.18. The van der Waals surface area contributed by atoms with Crippen molar-refractivity contribution in [2.75, 3.05) is 20.2 Å². The third-order valence-electron chi connectivity index (χ3n) is 4.43. The van der Waals surface area contributed by atoms with Gasteiger partial charge < -0.3 is 15.4 Å². The van der Waals surface area contributed by atoms with Crippen molar-refractivity contribution in [3.05, 3.63) is 41.5 Å². The van der Waals surface area contributed by atoms with Crippen LogP contribution in [-0.4, -0.2) is 58.1 Å². The van der Waals surface area contributed by atoms with Crippen LogP contribution in [0, 0.1) is 6.92 Å². The second-order valence-corrected chi connectivity index (χ2v) is 6.45. The van der Waals surface area contributed by atoms with Crippen molar-refractivity contribution in [1.29, 1.82) is 0 Å². The Bertz CT molecular complexity index is 806. The van der Waals surface area contributed by atoms with Crippen LogP contribution in [0.4, 0.5) is 0 Å². The molecule has 3 N–H and O–H groups in total. The van der Waals surface area contributed by atoms with Crippen LogP contribution in [0.15, 0.2) is 24.3 Å². The zero-order chi connectivity index (χ0) is 19.2. The number of aromatic amines is 1. The Balaban J connectivity index is 1.61. The number of rotatable bonds is 7. The van der Waals surface area contributed by atoms with Gasteiger partial charge in [0.2, 0.25) is 11.8 Å². The van der Waals surface area contributed by atoms with Crippen LogP contribution in [0.5, 0.6) is 5.75 Å². The smallest absolute Gasteiger partial charge is 0.237 e. The molecule has 0 saturated carbocycles. The predicted molar refractivity (Wildman–Crippen MR) is 97.8 cm³/mol. The molecule has 1 aliphatic rings. The zero-order valence-corrected chi connectivity index (χ0v) is 15.5. The van der Waals surface area contributed by atoms with Crippen LogP contribution in [0.25, 0.3) is 0 Å². The quantitative estimate of drug-likeness (QED) is 0.637. The summed E-state index contributed by atoms with van der Waals surface area (Å²) < 4.78 is 5.26. The Hall–Kier alpha value is -2.94. The minimum Gasteiger partial charge on any atom is -0.497 e. The van der Waals surface area contributed by atoms with Gasteiger partial charge in [-0.1, -0.05) is 12.1 Å². The lowest BCUT2D eigenvalue weighted by Gasteiger charge is -2.34. The first-order valence-corrected chi connectivity index (χ1v) is 8.84. The lowest BCUT2D eigenvalue weighted by Crippen LogP contribution is -2.56. The number of hydrogen-bond acceptors (Lipinski definition) is 6. The van der Waals surface area contributed by atoms with Crippen LogP contribution < -0.4 is 15.4 Å². The van der Waals surface area contributed by atoms with Crippen LogP contribution in [0.3, 0.4) is 0 Å². The summed E-state index contributed by atoms with van der Waals surface area (Å²) in [7, 11) is 1.62. The molecule has 1 aromatic heterocycles. The van der Waals surface area contributed by atoms with E-state index in [9.17, 15) is 9.59 Å². The van der Waals surface area contributed by atoms with Gasteiger partial charge in [-0.2, -0.15) is 5.10 Å². The molecular formula is C18H24N6O3. The van der Waals surface area contributed by atoms with E-state index in [4.69, 9.17) is 4.74 Å². The van der Waals surface area contributed by atoms with Crippen LogP contribution >= 0.6 is 0 Å². The molecule has 2 aromatic rings. The second kappa shape index (κ2) is 8.63. The topological polar surface area (TPSA) is 112 Å². The number of methoxy groups -OCH3 is 1. The fourth-order valence-corrected chi connectivity index (χ4v) is 3.07. The number of amides is 2. The molecule has 1 aliphatic heterocycles. The Labute approximate surface area is 157 Å². The van der Waals surface area contributed by atoms with E-state index >= 15 is 0 Å². The van der Waals surface area contributed by atoms with E-state index < -0.39 is 6.04 Å². The maximum Gasteiger partial charge on any atom is 0.237 e. The van der Waals surface area contributed by atoms with Crippen molar-refractivity contribution < 1.29 is 14.3 Å². The summed E-state index contributed by atoms with van der Waals surface area (Å²) in [6.45, 7) is 3.84.